The van der Waals surface area contributed by atoms with E-state index in [0.717, 1.165) is 12.8 Å². The van der Waals surface area contributed by atoms with E-state index in [1.807, 2.05) is 11.8 Å². The molecule has 1 fully saturated rings. The molecule has 1 aromatic carbocycles. The second-order valence-corrected chi connectivity index (χ2v) is 8.73. The lowest BCUT2D eigenvalue weighted by Crippen LogP contribution is -2.37. The molecule has 31 heavy (non-hydrogen) atoms. The van der Waals surface area contributed by atoms with Crippen LogP contribution in [-0.4, -0.2) is 50.5 Å². The summed E-state index contributed by atoms with van der Waals surface area (Å²) in [6.07, 6.45) is 3.11. The number of hydroxylamine groups is 1. The summed E-state index contributed by atoms with van der Waals surface area (Å²) in [7, 11) is -3.98. The highest BCUT2D eigenvalue weighted by atomic mass is 32.2. The normalized spacial score (nSPS) is 15.4. The monoisotopic (exact) mass is 450 g/mol. The Bertz CT molecular complexity index is 1180. The Hall–Kier alpha value is -3.09. The van der Waals surface area contributed by atoms with Crippen molar-refractivity contribution in [3.63, 3.8) is 0 Å². The summed E-state index contributed by atoms with van der Waals surface area (Å²) < 4.78 is 44.7. The van der Waals surface area contributed by atoms with Crippen molar-refractivity contribution >= 4 is 38.5 Å². The van der Waals surface area contributed by atoms with Crippen LogP contribution >= 0.6 is 0 Å². The third-order valence-electron chi connectivity index (χ3n) is 5.05. The summed E-state index contributed by atoms with van der Waals surface area (Å²) in [5.74, 6) is -0.628. The lowest BCUT2D eigenvalue weighted by molar-refractivity contribution is 0.0453. The zero-order valence-electron chi connectivity index (χ0n) is 16.7. The topological polar surface area (TPSA) is 147 Å². The van der Waals surface area contributed by atoms with Gasteiger partial charge in [-0.05, 0) is 38.0 Å². The minimum Gasteiger partial charge on any atom is -0.451 e. The van der Waals surface area contributed by atoms with Crippen LogP contribution in [-0.2, 0) is 14.8 Å². The van der Waals surface area contributed by atoms with Crippen molar-refractivity contribution in [1.82, 2.24) is 10.6 Å². The summed E-state index contributed by atoms with van der Waals surface area (Å²) >= 11 is 0. The zero-order valence-corrected chi connectivity index (χ0v) is 17.5. The van der Waals surface area contributed by atoms with Gasteiger partial charge in [-0.3, -0.25) is 14.7 Å². The zero-order chi connectivity index (χ0) is 22.0. The van der Waals surface area contributed by atoms with Gasteiger partial charge in [0, 0.05) is 31.1 Å². The number of nitrogens with one attached hydrogen (secondary N) is 2. The molecule has 0 bridgehead atoms. The number of hydrogen-bond acceptors (Lipinski definition) is 9. The van der Waals surface area contributed by atoms with E-state index in [2.05, 4.69) is 9.88 Å². The Balaban J connectivity index is 1.53. The molecule has 0 radical (unpaired) electrons. The van der Waals surface area contributed by atoms with Crippen LogP contribution in [0.3, 0.4) is 0 Å². The van der Waals surface area contributed by atoms with Crippen molar-refractivity contribution in [2.24, 2.45) is 0 Å². The Morgan fingerprint density at radius 3 is 2.81 bits per heavy atom. The molecule has 3 heterocycles. The van der Waals surface area contributed by atoms with Gasteiger partial charge >= 0.3 is 5.91 Å². The molecule has 1 aliphatic heterocycles. The quantitative estimate of drug-likeness (QED) is 0.364. The molecule has 1 amide bonds. The maximum absolute atomic E-state index is 12.9. The number of fused-ring (bicyclic) bond motifs is 1. The van der Waals surface area contributed by atoms with E-state index < -0.39 is 15.9 Å². The third-order valence-corrected chi connectivity index (χ3v) is 6.42. The minimum absolute atomic E-state index is 0.0625. The number of amides is 1. The van der Waals surface area contributed by atoms with Gasteiger partial charge in [0.25, 0.3) is 15.9 Å². The molecule has 4 rings (SSSR count). The van der Waals surface area contributed by atoms with Gasteiger partial charge in [-0.1, -0.05) is 5.16 Å². The Morgan fingerprint density at radius 2 is 2.10 bits per heavy atom. The summed E-state index contributed by atoms with van der Waals surface area (Å²) in [5, 5.41) is 13.0. The van der Waals surface area contributed by atoms with Crippen molar-refractivity contribution in [2.45, 2.75) is 30.8 Å². The number of anilines is 2. The molecule has 1 aliphatic rings. The number of rotatable bonds is 7. The molecule has 0 atom stereocenters. The van der Waals surface area contributed by atoms with Crippen molar-refractivity contribution in [3.8, 4) is 0 Å². The lowest BCUT2D eigenvalue weighted by atomic mass is 10.1. The van der Waals surface area contributed by atoms with E-state index in [4.69, 9.17) is 18.9 Å². The Kier molecular flexibility index (Phi) is 5.85. The lowest BCUT2D eigenvalue weighted by Gasteiger charge is -2.31. The van der Waals surface area contributed by atoms with Crippen molar-refractivity contribution in [3.05, 3.63) is 36.2 Å². The Morgan fingerprint density at radius 1 is 1.32 bits per heavy atom. The van der Waals surface area contributed by atoms with Crippen LogP contribution in [0.1, 0.15) is 30.3 Å². The maximum atomic E-state index is 12.9. The summed E-state index contributed by atoms with van der Waals surface area (Å²) in [5.41, 5.74) is 1.89. The van der Waals surface area contributed by atoms with Gasteiger partial charge in [0.15, 0.2) is 5.76 Å². The van der Waals surface area contributed by atoms with Crippen LogP contribution in [0.4, 0.5) is 11.6 Å². The van der Waals surface area contributed by atoms with Gasteiger partial charge in [0.1, 0.15) is 11.3 Å². The molecule has 3 aromatic rings. The minimum atomic E-state index is -3.98. The summed E-state index contributed by atoms with van der Waals surface area (Å²) in [4.78, 5) is 13.4. The molecule has 3 N–H and O–H groups in total. The van der Waals surface area contributed by atoms with Crippen molar-refractivity contribution in [1.29, 1.82) is 0 Å². The molecule has 11 nitrogen and oxygen atoms in total. The maximum Gasteiger partial charge on any atom is 0.310 e. The van der Waals surface area contributed by atoms with Gasteiger partial charge in [-0.25, -0.2) is 13.9 Å². The molecular formula is C19H22N4O7S. The fraction of sp³-hybridized carbons (Fsp3) is 0.368. The van der Waals surface area contributed by atoms with Crippen LogP contribution in [0.5, 0.6) is 0 Å². The largest absolute Gasteiger partial charge is 0.451 e. The predicted octanol–water partition coefficient (Wildman–Crippen LogP) is 2.35. The average molecular weight is 450 g/mol. The highest BCUT2D eigenvalue weighted by Crippen LogP contribution is 2.31. The number of nitrogens with zero attached hydrogens (tertiary/aromatic N) is 2. The second-order valence-electron chi connectivity index (χ2n) is 7.04. The number of benzene rings is 1. The standard InChI is InChI=1S/C19H22N4O7S/c1-2-28-13-5-7-23(8-6-13)19-15(11-20-30-19)22-31(26,27)14-4-3-12-9-17(18(24)21-25)29-16(12)10-14/h3-4,9-11,13,22,25H,2,5-8H2,1H3,(H,21,24). The van der Waals surface area contributed by atoms with E-state index in [0.29, 0.717) is 31.0 Å². The third kappa shape index (κ3) is 4.36. The number of hydrogen-bond donors (Lipinski definition) is 3. The molecule has 166 valence electrons. The van der Waals surface area contributed by atoms with E-state index in [-0.39, 0.29) is 28.0 Å². The van der Waals surface area contributed by atoms with Crippen molar-refractivity contribution < 1.29 is 32.1 Å². The number of carbonyl (C=O) groups is 1. The van der Waals surface area contributed by atoms with Crippen molar-refractivity contribution in [2.75, 3.05) is 29.3 Å². The summed E-state index contributed by atoms with van der Waals surface area (Å²) in [6, 6.07) is 5.59. The fourth-order valence-electron chi connectivity index (χ4n) is 3.54. The van der Waals surface area contributed by atoms with Crippen LogP contribution in [0.25, 0.3) is 11.0 Å². The average Bonchev–Trinajstić information content (AvgIpc) is 3.40. The first-order valence-electron chi connectivity index (χ1n) is 9.73. The molecule has 0 unspecified atom stereocenters. The van der Waals surface area contributed by atoms with E-state index >= 15 is 0 Å². The van der Waals surface area contributed by atoms with Gasteiger partial charge < -0.3 is 18.6 Å². The van der Waals surface area contributed by atoms with Crippen LogP contribution in [0.15, 0.2) is 44.3 Å². The van der Waals surface area contributed by atoms with E-state index in [1.165, 1.54) is 35.9 Å². The molecule has 1 saturated heterocycles. The highest BCUT2D eigenvalue weighted by molar-refractivity contribution is 7.92. The molecular weight excluding hydrogens is 428 g/mol. The molecule has 0 aliphatic carbocycles. The number of sulfonamides is 1. The fourth-order valence-corrected chi connectivity index (χ4v) is 4.60. The smallest absolute Gasteiger partial charge is 0.310 e. The highest BCUT2D eigenvalue weighted by Gasteiger charge is 2.26. The van der Waals surface area contributed by atoms with Gasteiger partial charge in [0.05, 0.1) is 17.2 Å². The molecule has 0 spiro atoms. The van der Waals surface area contributed by atoms with Gasteiger partial charge in [0.2, 0.25) is 0 Å². The first-order valence-corrected chi connectivity index (χ1v) is 11.2. The van der Waals surface area contributed by atoms with Crippen LogP contribution < -0.4 is 15.1 Å². The van der Waals surface area contributed by atoms with Crippen LogP contribution in [0, 0.1) is 0 Å². The molecule has 0 saturated carbocycles. The van der Waals surface area contributed by atoms with Crippen LogP contribution in [0.2, 0.25) is 0 Å². The second kappa shape index (κ2) is 8.57. The number of piperidine rings is 1. The number of aromatic nitrogens is 1. The predicted molar refractivity (Wildman–Crippen MR) is 110 cm³/mol. The number of ether oxygens (including phenoxy) is 1. The summed E-state index contributed by atoms with van der Waals surface area (Å²) in [6.45, 7) is 3.92. The van der Waals surface area contributed by atoms with E-state index in [9.17, 15) is 13.2 Å². The first kappa shape index (κ1) is 21.2. The number of carbonyl (C=O) groups excluding carboxylic acids is 1. The number of furan rings is 1. The van der Waals surface area contributed by atoms with Gasteiger partial charge in [-0.2, -0.15) is 0 Å². The molecule has 2 aromatic heterocycles. The first-order chi connectivity index (χ1) is 14.9. The SMILES string of the molecule is CCOC1CCN(c2oncc2NS(=O)(=O)c2ccc3cc(C(=O)NO)oc3c2)CC1. The molecule has 12 heteroatoms. The van der Waals surface area contributed by atoms with E-state index in [1.54, 1.807) is 0 Å². The Labute approximate surface area is 177 Å². The van der Waals surface area contributed by atoms with Gasteiger partial charge in [-0.15, -0.1) is 0 Å².